The third kappa shape index (κ3) is 2.74. The molecule has 0 bridgehead atoms. The number of imidazole rings is 1. The third-order valence-electron chi connectivity index (χ3n) is 2.67. The fraction of sp³-hybridized carbons (Fsp3) is 0.364. The first-order valence-electron chi connectivity index (χ1n) is 5.40. The maximum Gasteiger partial charge on any atom is 0.155 e. The highest BCUT2D eigenvalue weighted by Gasteiger charge is 2.07. The molecule has 0 aliphatic carbocycles. The molecule has 2 heterocycles. The van der Waals surface area contributed by atoms with E-state index < -0.39 is 0 Å². The summed E-state index contributed by atoms with van der Waals surface area (Å²) in [4.78, 5) is 7.20. The van der Waals surface area contributed by atoms with Crippen LogP contribution in [0.2, 0.25) is 5.15 Å². The average Bonchev–Trinajstić information content (AvgIpc) is 2.82. The van der Waals surface area contributed by atoms with Gasteiger partial charge in [0.1, 0.15) is 5.82 Å². The van der Waals surface area contributed by atoms with E-state index in [2.05, 4.69) is 25.5 Å². The number of aromatic amines is 1. The van der Waals surface area contributed by atoms with Gasteiger partial charge in [-0.15, -0.1) is 10.2 Å². The van der Waals surface area contributed by atoms with Gasteiger partial charge in [0, 0.05) is 25.4 Å². The van der Waals surface area contributed by atoms with Crippen molar-refractivity contribution >= 4 is 17.4 Å². The molecule has 0 radical (unpaired) electrons. The van der Waals surface area contributed by atoms with E-state index in [1.807, 2.05) is 20.0 Å². The van der Waals surface area contributed by atoms with Gasteiger partial charge in [-0.25, -0.2) is 4.98 Å². The molecule has 2 rings (SSSR count). The van der Waals surface area contributed by atoms with Crippen molar-refractivity contribution in [1.82, 2.24) is 20.2 Å². The lowest BCUT2D eigenvalue weighted by atomic mass is 10.2. The number of hydrogen-bond donors (Lipinski definition) is 2. The minimum Gasteiger partial charge on any atom is -0.368 e. The Morgan fingerprint density at radius 3 is 2.82 bits per heavy atom. The molecule has 0 saturated heterocycles. The lowest BCUT2D eigenvalue weighted by Crippen LogP contribution is -2.10. The number of aromatic nitrogens is 4. The number of anilines is 1. The molecule has 2 N–H and O–H groups in total. The standard InChI is InChI=1S/C11H14ClN5/c1-7-8(2)11(17-16-10(7)12)15-4-3-9-13-5-6-14-9/h5-6H,3-4H2,1-2H3,(H,13,14)(H,15,17). The Balaban J connectivity index is 1.97. The van der Waals surface area contributed by atoms with Gasteiger partial charge >= 0.3 is 0 Å². The molecule has 2 aromatic rings. The SMILES string of the molecule is Cc1c(Cl)nnc(NCCc2ncc[nH]2)c1C. The topological polar surface area (TPSA) is 66.5 Å². The van der Waals surface area contributed by atoms with Crippen molar-refractivity contribution in [3.8, 4) is 0 Å². The van der Waals surface area contributed by atoms with Crippen molar-refractivity contribution in [1.29, 1.82) is 0 Å². The number of rotatable bonds is 4. The first-order valence-corrected chi connectivity index (χ1v) is 5.78. The molecule has 2 aromatic heterocycles. The van der Waals surface area contributed by atoms with Crippen LogP contribution in [0.4, 0.5) is 5.82 Å². The zero-order valence-corrected chi connectivity index (χ0v) is 10.5. The lowest BCUT2D eigenvalue weighted by molar-refractivity contribution is 0.903. The van der Waals surface area contributed by atoms with Gasteiger partial charge < -0.3 is 10.3 Å². The van der Waals surface area contributed by atoms with Crippen LogP contribution in [0.5, 0.6) is 0 Å². The Bertz CT molecular complexity index is 495. The van der Waals surface area contributed by atoms with Gasteiger partial charge in [-0.3, -0.25) is 0 Å². The highest BCUT2D eigenvalue weighted by atomic mass is 35.5. The number of halogens is 1. The van der Waals surface area contributed by atoms with E-state index in [-0.39, 0.29) is 0 Å². The van der Waals surface area contributed by atoms with E-state index in [1.165, 1.54) is 0 Å². The highest BCUT2D eigenvalue weighted by Crippen LogP contribution is 2.20. The van der Waals surface area contributed by atoms with Crippen molar-refractivity contribution in [3.63, 3.8) is 0 Å². The number of H-pyrrole nitrogens is 1. The number of nitrogens with one attached hydrogen (secondary N) is 2. The zero-order chi connectivity index (χ0) is 12.3. The third-order valence-corrected chi connectivity index (χ3v) is 3.03. The van der Waals surface area contributed by atoms with Crippen LogP contribution >= 0.6 is 11.6 Å². The second-order valence-electron chi connectivity index (χ2n) is 3.80. The van der Waals surface area contributed by atoms with Crippen LogP contribution < -0.4 is 5.32 Å². The van der Waals surface area contributed by atoms with Crippen LogP contribution in [0.15, 0.2) is 12.4 Å². The molecule has 0 saturated carbocycles. The maximum atomic E-state index is 5.88. The molecule has 0 fully saturated rings. The molecule has 90 valence electrons. The molecule has 0 aromatic carbocycles. The van der Waals surface area contributed by atoms with Crippen molar-refractivity contribution in [2.75, 3.05) is 11.9 Å². The number of hydrogen-bond acceptors (Lipinski definition) is 4. The molecule has 0 aliphatic heterocycles. The summed E-state index contributed by atoms with van der Waals surface area (Å²) in [5.74, 6) is 1.73. The summed E-state index contributed by atoms with van der Waals surface area (Å²) in [6.07, 6.45) is 4.37. The van der Waals surface area contributed by atoms with Gasteiger partial charge in [0.15, 0.2) is 11.0 Å². The van der Waals surface area contributed by atoms with E-state index in [9.17, 15) is 0 Å². The summed E-state index contributed by atoms with van der Waals surface area (Å²) in [5, 5.41) is 11.6. The monoisotopic (exact) mass is 251 g/mol. The van der Waals surface area contributed by atoms with Crippen molar-refractivity contribution in [2.45, 2.75) is 20.3 Å². The predicted molar refractivity (Wildman–Crippen MR) is 67.3 cm³/mol. The van der Waals surface area contributed by atoms with Crippen LogP contribution in [0.25, 0.3) is 0 Å². The summed E-state index contributed by atoms with van der Waals surface area (Å²) in [6, 6.07) is 0. The Morgan fingerprint density at radius 2 is 2.12 bits per heavy atom. The van der Waals surface area contributed by atoms with Crippen LogP contribution in [0.1, 0.15) is 17.0 Å². The zero-order valence-electron chi connectivity index (χ0n) is 9.79. The fourth-order valence-electron chi connectivity index (χ4n) is 1.48. The summed E-state index contributed by atoms with van der Waals surface area (Å²) < 4.78 is 0. The highest BCUT2D eigenvalue weighted by molar-refractivity contribution is 6.30. The molecular formula is C11H14ClN5. The van der Waals surface area contributed by atoms with Crippen LogP contribution in [0, 0.1) is 13.8 Å². The van der Waals surface area contributed by atoms with Gasteiger partial charge in [-0.1, -0.05) is 11.6 Å². The van der Waals surface area contributed by atoms with E-state index >= 15 is 0 Å². The number of nitrogens with zero attached hydrogens (tertiary/aromatic N) is 3. The largest absolute Gasteiger partial charge is 0.368 e. The van der Waals surface area contributed by atoms with Gasteiger partial charge in [-0.2, -0.15) is 0 Å². The minimum absolute atomic E-state index is 0.457. The predicted octanol–water partition coefficient (Wildman–Crippen LogP) is 2.12. The molecule has 0 atom stereocenters. The van der Waals surface area contributed by atoms with E-state index in [0.717, 1.165) is 35.7 Å². The van der Waals surface area contributed by atoms with Gasteiger partial charge in [0.25, 0.3) is 0 Å². The Morgan fingerprint density at radius 1 is 1.29 bits per heavy atom. The lowest BCUT2D eigenvalue weighted by Gasteiger charge is -2.09. The molecule has 0 aliphatic rings. The van der Waals surface area contributed by atoms with Crippen LogP contribution in [-0.4, -0.2) is 26.7 Å². The molecule has 17 heavy (non-hydrogen) atoms. The molecule has 6 heteroatoms. The van der Waals surface area contributed by atoms with Crippen LogP contribution in [-0.2, 0) is 6.42 Å². The molecule has 0 amide bonds. The van der Waals surface area contributed by atoms with Gasteiger partial charge in [0.05, 0.1) is 0 Å². The Hall–Kier alpha value is -1.62. The summed E-state index contributed by atoms with van der Waals surface area (Å²) in [5.41, 5.74) is 1.99. The second kappa shape index (κ2) is 5.14. The van der Waals surface area contributed by atoms with Crippen molar-refractivity contribution < 1.29 is 0 Å². The molecule has 0 spiro atoms. The van der Waals surface area contributed by atoms with E-state index in [0.29, 0.717) is 5.15 Å². The van der Waals surface area contributed by atoms with Gasteiger partial charge in [0.2, 0.25) is 0 Å². The molecule has 0 unspecified atom stereocenters. The minimum atomic E-state index is 0.457. The van der Waals surface area contributed by atoms with E-state index in [4.69, 9.17) is 11.6 Å². The van der Waals surface area contributed by atoms with Crippen LogP contribution in [0.3, 0.4) is 0 Å². The van der Waals surface area contributed by atoms with Crippen molar-refractivity contribution in [3.05, 3.63) is 34.5 Å². The smallest absolute Gasteiger partial charge is 0.155 e. The van der Waals surface area contributed by atoms with E-state index in [1.54, 1.807) is 6.20 Å². The average molecular weight is 252 g/mol. The van der Waals surface area contributed by atoms with Crippen molar-refractivity contribution in [2.24, 2.45) is 0 Å². The first kappa shape index (κ1) is 11.9. The second-order valence-corrected chi connectivity index (χ2v) is 4.16. The Labute approximate surface area is 105 Å². The normalized spacial score (nSPS) is 10.5. The fourth-order valence-corrected chi connectivity index (χ4v) is 1.66. The summed E-state index contributed by atoms with van der Waals surface area (Å²) in [7, 11) is 0. The van der Waals surface area contributed by atoms with Gasteiger partial charge in [-0.05, 0) is 25.0 Å². The quantitative estimate of drug-likeness (QED) is 0.874. The Kier molecular flexibility index (Phi) is 3.58. The first-order chi connectivity index (χ1) is 8.18. The molecular weight excluding hydrogens is 238 g/mol. The summed E-state index contributed by atoms with van der Waals surface area (Å²) >= 11 is 5.88. The molecule has 5 nitrogen and oxygen atoms in total. The maximum absolute atomic E-state index is 5.88. The summed E-state index contributed by atoms with van der Waals surface area (Å²) in [6.45, 7) is 4.67.